The van der Waals surface area contributed by atoms with Gasteiger partial charge in [0, 0.05) is 5.54 Å². The summed E-state index contributed by atoms with van der Waals surface area (Å²) in [6.07, 6.45) is 3.35. The second-order valence-electron chi connectivity index (χ2n) is 4.64. The minimum atomic E-state index is 0.102. The van der Waals surface area contributed by atoms with Gasteiger partial charge in [-0.2, -0.15) is 0 Å². The summed E-state index contributed by atoms with van der Waals surface area (Å²) in [5, 5.41) is 0. The minimum Gasteiger partial charge on any atom is -0.325 e. The molecule has 1 aromatic carbocycles. The first-order chi connectivity index (χ1) is 6.65. The summed E-state index contributed by atoms with van der Waals surface area (Å²) in [4.78, 5) is 0. The van der Waals surface area contributed by atoms with Gasteiger partial charge in [0.2, 0.25) is 0 Å². The van der Waals surface area contributed by atoms with Gasteiger partial charge in [0.05, 0.1) is 0 Å². The van der Waals surface area contributed by atoms with E-state index in [9.17, 15) is 0 Å². The summed E-state index contributed by atoms with van der Waals surface area (Å²) in [7, 11) is 0. The van der Waals surface area contributed by atoms with Crippen LogP contribution in [0.3, 0.4) is 0 Å². The van der Waals surface area contributed by atoms with Crippen molar-refractivity contribution >= 4 is 0 Å². The Morgan fingerprint density at radius 3 is 2.43 bits per heavy atom. The lowest BCUT2D eigenvalue weighted by molar-refractivity contribution is 0.612. The molecule has 0 bridgehead atoms. The number of hydrogen-bond donors (Lipinski definition) is 1. The van der Waals surface area contributed by atoms with Crippen molar-refractivity contribution in [2.75, 3.05) is 0 Å². The maximum atomic E-state index is 6.25. The Morgan fingerprint density at radius 2 is 1.93 bits per heavy atom. The molecular formula is C13H19N. The van der Waals surface area contributed by atoms with E-state index in [0.717, 1.165) is 12.8 Å². The van der Waals surface area contributed by atoms with Crippen LogP contribution in [0.1, 0.15) is 31.4 Å². The van der Waals surface area contributed by atoms with Crippen LogP contribution in [0.25, 0.3) is 0 Å². The van der Waals surface area contributed by atoms with Gasteiger partial charge in [-0.25, -0.2) is 0 Å². The molecule has 2 atom stereocenters. The smallest absolute Gasteiger partial charge is 0.0225 e. The molecule has 1 aliphatic rings. The fourth-order valence-corrected chi connectivity index (χ4v) is 2.19. The van der Waals surface area contributed by atoms with E-state index in [1.165, 1.54) is 17.5 Å². The van der Waals surface area contributed by atoms with Crippen LogP contribution in [0.4, 0.5) is 0 Å². The van der Waals surface area contributed by atoms with Gasteiger partial charge in [-0.1, -0.05) is 38.1 Å². The van der Waals surface area contributed by atoms with E-state index in [-0.39, 0.29) is 5.54 Å². The van der Waals surface area contributed by atoms with Gasteiger partial charge in [-0.3, -0.25) is 0 Å². The molecule has 1 nitrogen and oxygen atoms in total. The highest BCUT2D eigenvalue weighted by molar-refractivity contribution is 5.30. The Labute approximate surface area is 86.3 Å². The number of hydrogen-bond acceptors (Lipinski definition) is 1. The predicted octanol–water partition coefficient (Wildman–Crippen LogP) is 2.53. The van der Waals surface area contributed by atoms with Crippen molar-refractivity contribution in [3.63, 3.8) is 0 Å². The normalized spacial score (nSPS) is 30.4. The van der Waals surface area contributed by atoms with Crippen molar-refractivity contribution in [3.05, 3.63) is 35.4 Å². The van der Waals surface area contributed by atoms with Crippen LogP contribution in [0.5, 0.6) is 0 Å². The van der Waals surface area contributed by atoms with Gasteiger partial charge in [-0.05, 0) is 36.3 Å². The Morgan fingerprint density at radius 1 is 1.36 bits per heavy atom. The largest absolute Gasteiger partial charge is 0.325 e. The van der Waals surface area contributed by atoms with E-state index < -0.39 is 0 Å². The molecule has 0 saturated heterocycles. The predicted molar refractivity (Wildman–Crippen MR) is 60.2 cm³/mol. The van der Waals surface area contributed by atoms with Crippen LogP contribution in [-0.2, 0) is 12.8 Å². The summed E-state index contributed by atoms with van der Waals surface area (Å²) >= 11 is 0. The highest BCUT2D eigenvalue weighted by Gasteiger charge is 2.47. The molecule has 0 heterocycles. The molecule has 1 saturated carbocycles. The molecule has 0 spiro atoms. The van der Waals surface area contributed by atoms with Crippen LogP contribution in [0.2, 0.25) is 0 Å². The number of benzene rings is 1. The fraction of sp³-hybridized carbons (Fsp3) is 0.538. The van der Waals surface area contributed by atoms with E-state index in [2.05, 4.69) is 38.1 Å². The molecular weight excluding hydrogens is 170 g/mol. The van der Waals surface area contributed by atoms with E-state index in [1.54, 1.807) is 0 Å². The van der Waals surface area contributed by atoms with Crippen LogP contribution < -0.4 is 5.73 Å². The SMILES string of the molecule is CCc1ccccc1CC1(N)CC1C. The van der Waals surface area contributed by atoms with Crippen LogP contribution in [0, 0.1) is 5.92 Å². The van der Waals surface area contributed by atoms with E-state index in [0.29, 0.717) is 5.92 Å². The second kappa shape index (κ2) is 3.39. The van der Waals surface area contributed by atoms with Gasteiger partial charge in [0.15, 0.2) is 0 Å². The third kappa shape index (κ3) is 1.69. The average molecular weight is 189 g/mol. The monoisotopic (exact) mass is 189 g/mol. The van der Waals surface area contributed by atoms with E-state index >= 15 is 0 Å². The first-order valence-corrected chi connectivity index (χ1v) is 5.51. The van der Waals surface area contributed by atoms with Crippen molar-refractivity contribution in [2.45, 2.75) is 38.6 Å². The third-order valence-corrected chi connectivity index (χ3v) is 3.53. The van der Waals surface area contributed by atoms with Crippen molar-refractivity contribution in [2.24, 2.45) is 11.7 Å². The molecule has 2 N–H and O–H groups in total. The summed E-state index contributed by atoms with van der Waals surface area (Å²) < 4.78 is 0. The average Bonchev–Trinajstić information content (AvgIpc) is 2.75. The topological polar surface area (TPSA) is 26.0 Å². The quantitative estimate of drug-likeness (QED) is 0.777. The number of rotatable bonds is 3. The fourth-order valence-electron chi connectivity index (χ4n) is 2.19. The molecule has 76 valence electrons. The van der Waals surface area contributed by atoms with Crippen LogP contribution in [0.15, 0.2) is 24.3 Å². The Hall–Kier alpha value is -0.820. The molecule has 2 unspecified atom stereocenters. The Balaban J connectivity index is 2.16. The lowest BCUT2D eigenvalue weighted by atomic mass is 9.97. The zero-order chi connectivity index (χ0) is 10.2. The summed E-state index contributed by atoms with van der Waals surface area (Å²) in [5.74, 6) is 0.701. The Kier molecular flexibility index (Phi) is 2.36. The minimum absolute atomic E-state index is 0.102. The maximum absolute atomic E-state index is 6.25. The van der Waals surface area contributed by atoms with Crippen LogP contribution in [-0.4, -0.2) is 5.54 Å². The zero-order valence-electron chi connectivity index (χ0n) is 9.09. The zero-order valence-corrected chi connectivity index (χ0v) is 9.09. The lowest BCUT2D eigenvalue weighted by Gasteiger charge is -2.13. The lowest BCUT2D eigenvalue weighted by Crippen LogP contribution is -2.27. The molecule has 0 aliphatic heterocycles. The number of aryl methyl sites for hydroxylation is 1. The third-order valence-electron chi connectivity index (χ3n) is 3.53. The standard InChI is InChI=1S/C13H19N/c1-3-11-6-4-5-7-12(11)9-13(14)8-10(13)2/h4-7,10H,3,8-9,14H2,1-2H3. The highest BCUT2D eigenvalue weighted by atomic mass is 14.8. The van der Waals surface area contributed by atoms with Crippen LogP contribution >= 0.6 is 0 Å². The molecule has 1 aliphatic carbocycles. The van der Waals surface area contributed by atoms with E-state index in [1.807, 2.05) is 0 Å². The molecule has 2 rings (SSSR count). The molecule has 0 amide bonds. The van der Waals surface area contributed by atoms with Crippen molar-refractivity contribution in [1.29, 1.82) is 0 Å². The maximum Gasteiger partial charge on any atom is 0.0225 e. The number of nitrogens with two attached hydrogens (primary N) is 1. The first kappa shape index (κ1) is 9.72. The van der Waals surface area contributed by atoms with Gasteiger partial charge in [-0.15, -0.1) is 0 Å². The summed E-state index contributed by atoms with van der Waals surface area (Å²) in [5.41, 5.74) is 9.25. The molecule has 1 fully saturated rings. The molecule has 0 radical (unpaired) electrons. The van der Waals surface area contributed by atoms with Crippen molar-refractivity contribution < 1.29 is 0 Å². The van der Waals surface area contributed by atoms with Crippen molar-refractivity contribution in [3.8, 4) is 0 Å². The second-order valence-corrected chi connectivity index (χ2v) is 4.64. The molecule has 14 heavy (non-hydrogen) atoms. The highest BCUT2D eigenvalue weighted by Crippen LogP contribution is 2.43. The van der Waals surface area contributed by atoms with E-state index in [4.69, 9.17) is 5.73 Å². The summed E-state index contributed by atoms with van der Waals surface area (Å²) in [6.45, 7) is 4.45. The van der Waals surface area contributed by atoms with Gasteiger partial charge in [0.25, 0.3) is 0 Å². The summed E-state index contributed by atoms with van der Waals surface area (Å²) in [6, 6.07) is 8.66. The van der Waals surface area contributed by atoms with Gasteiger partial charge < -0.3 is 5.73 Å². The molecule has 1 heteroatoms. The Bertz CT molecular complexity index is 332. The molecule has 0 aromatic heterocycles. The first-order valence-electron chi connectivity index (χ1n) is 5.51. The van der Waals surface area contributed by atoms with Gasteiger partial charge >= 0.3 is 0 Å². The van der Waals surface area contributed by atoms with Crippen molar-refractivity contribution in [1.82, 2.24) is 0 Å². The molecule has 1 aromatic rings. The van der Waals surface area contributed by atoms with Gasteiger partial charge in [0.1, 0.15) is 0 Å².